The summed E-state index contributed by atoms with van der Waals surface area (Å²) in [6.07, 6.45) is 1.31. The predicted octanol–water partition coefficient (Wildman–Crippen LogP) is 1.34. The number of hydrogen-bond donors (Lipinski definition) is 1. The lowest BCUT2D eigenvalue weighted by Gasteiger charge is -2.33. The maximum atomic E-state index is 10.9. The Labute approximate surface area is 121 Å². The number of carbonyl (C=O) groups is 1. The van der Waals surface area contributed by atoms with Gasteiger partial charge in [0.1, 0.15) is 0 Å². The second-order valence-corrected chi connectivity index (χ2v) is 4.85. The fourth-order valence-corrected chi connectivity index (χ4v) is 2.38. The molecule has 1 fully saturated rings. The normalized spacial score (nSPS) is 19.5. The summed E-state index contributed by atoms with van der Waals surface area (Å²) in [5.74, 6) is -0.311. The van der Waals surface area contributed by atoms with Gasteiger partial charge in [0.2, 0.25) is 6.39 Å². The summed E-state index contributed by atoms with van der Waals surface area (Å²) in [4.78, 5) is 17.1. The average Bonchev–Trinajstić information content (AvgIpc) is 3.02. The maximum absolute atomic E-state index is 10.9. The Morgan fingerprint density at radius 3 is 2.86 bits per heavy atom. The molecule has 1 aliphatic rings. The lowest BCUT2D eigenvalue weighted by Crippen LogP contribution is -2.39. The molecule has 0 aliphatic carbocycles. The topological polar surface area (TPSA) is 88.7 Å². The highest BCUT2D eigenvalue weighted by atomic mass is 16.5. The van der Waals surface area contributed by atoms with Crippen LogP contribution in [0, 0.1) is 0 Å². The Morgan fingerprint density at radius 1 is 1.38 bits per heavy atom. The first kappa shape index (κ1) is 13.7. The third kappa shape index (κ3) is 3.09. The number of rotatable bonds is 4. The van der Waals surface area contributed by atoms with Gasteiger partial charge in [0.25, 0.3) is 0 Å². The standard InChI is InChI=1S/C14H15N3O4/c18-14(19)11-3-1-10(2-4-11)7-17-5-6-20-8-12(17)13-15-9-21-16-13/h1-4,9,12H,5-8H2,(H,18,19). The van der Waals surface area contributed by atoms with Crippen molar-refractivity contribution in [2.75, 3.05) is 19.8 Å². The first-order chi connectivity index (χ1) is 10.2. The number of nitrogens with zero attached hydrogens (tertiary/aromatic N) is 3. The first-order valence-corrected chi connectivity index (χ1v) is 6.64. The van der Waals surface area contributed by atoms with Gasteiger partial charge in [-0.05, 0) is 17.7 Å². The molecule has 1 aromatic heterocycles. The van der Waals surface area contributed by atoms with E-state index in [1.54, 1.807) is 12.1 Å². The van der Waals surface area contributed by atoms with Crippen LogP contribution in [0.1, 0.15) is 27.8 Å². The molecular weight excluding hydrogens is 274 g/mol. The number of ether oxygens (including phenoxy) is 1. The van der Waals surface area contributed by atoms with Crippen LogP contribution in [0.4, 0.5) is 0 Å². The van der Waals surface area contributed by atoms with Gasteiger partial charge in [0, 0.05) is 13.1 Å². The minimum absolute atomic E-state index is 0.0448. The predicted molar refractivity (Wildman–Crippen MR) is 71.7 cm³/mol. The lowest BCUT2D eigenvalue weighted by molar-refractivity contribution is -0.0166. The molecule has 0 saturated carbocycles. The van der Waals surface area contributed by atoms with Crippen LogP contribution >= 0.6 is 0 Å². The van der Waals surface area contributed by atoms with Crippen LogP contribution in [0.2, 0.25) is 0 Å². The highest BCUT2D eigenvalue weighted by Crippen LogP contribution is 2.23. The van der Waals surface area contributed by atoms with Gasteiger partial charge >= 0.3 is 5.97 Å². The minimum Gasteiger partial charge on any atom is -0.478 e. The molecule has 1 atom stereocenters. The molecule has 2 aromatic rings. The van der Waals surface area contributed by atoms with Gasteiger partial charge in [-0.2, -0.15) is 4.98 Å². The maximum Gasteiger partial charge on any atom is 0.335 e. The van der Waals surface area contributed by atoms with E-state index in [1.807, 2.05) is 12.1 Å². The highest BCUT2D eigenvalue weighted by molar-refractivity contribution is 5.87. The van der Waals surface area contributed by atoms with Crippen LogP contribution in [0.5, 0.6) is 0 Å². The Bertz CT molecular complexity index is 597. The van der Waals surface area contributed by atoms with E-state index in [9.17, 15) is 4.79 Å². The number of benzene rings is 1. The summed E-state index contributed by atoms with van der Waals surface area (Å²) in [6.45, 7) is 2.62. The smallest absolute Gasteiger partial charge is 0.335 e. The molecule has 3 rings (SSSR count). The van der Waals surface area contributed by atoms with E-state index in [0.29, 0.717) is 25.6 Å². The van der Waals surface area contributed by atoms with E-state index in [1.165, 1.54) is 6.39 Å². The fourth-order valence-electron chi connectivity index (χ4n) is 2.38. The molecule has 7 nitrogen and oxygen atoms in total. The van der Waals surface area contributed by atoms with Crippen molar-refractivity contribution in [3.05, 3.63) is 47.6 Å². The van der Waals surface area contributed by atoms with Crippen molar-refractivity contribution < 1.29 is 19.2 Å². The van der Waals surface area contributed by atoms with E-state index in [2.05, 4.69) is 15.0 Å². The summed E-state index contributed by atoms with van der Waals surface area (Å²) < 4.78 is 10.3. The molecule has 0 spiro atoms. The van der Waals surface area contributed by atoms with Crippen molar-refractivity contribution >= 4 is 5.97 Å². The Kier molecular flexibility index (Phi) is 3.94. The van der Waals surface area contributed by atoms with Crippen LogP contribution in [0.15, 0.2) is 35.2 Å². The van der Waals surface area contributed by atoms with Gasteiger partial charge in [0.15, 0.2) is 5.82 Å². The molecule has 1 unspecified atom stereocenters. The molecule has 1 N–H and O–H groups in total. The molecule has 7 heteroatoms. The first-order valence-electron chi connectivity index (χ1n) is 6.64. The second kappa shape index (κ2) is 6.02. The van der Waals surface area contributed by atoms with Crippen LogP contribution in [0.25, 0.3) is 0 Å². The lowest BCUT2D eigenvalue weighted by atomic mass is 10.1. The largest absolute Gasteiger partial charge is 0.478 e. The van der Waals surface area contributed by atoms with Crippen LogP contribution in [0.3, 0.4) is 0 Å². The average molecular weight is 289 g/mol. The summed E-state index contributed by atoms with van der Waals surface area (Å²) in [5.41, 5.74) is 1.32. The molecule has 0 radical (unpaired) electrons. The van der Waals surface area contributed by atoms with Crippen LogP contribution in [-0.4, -0.2) is 45.9 Å². The van der Waals surface area contributed by atoms with E-state index in [0.717, 1.165) is 12.1 Å². The number of carboxylic acids is 1. The van der Waals surface area contributed by atoms with Gasteiger partial charge in [-0.25, -0.2) is 4.79 Å². The summed E-state index contributed by atoms with van der Waals surface area (Å²) in [7, 11) is 0. The summed E-state index contributed by atoms with van der Waals surface area (Å²) in [6, 6.07) is 6.83. The van der Waals surface area contributed by atoms with Crippen LogP contribution < -0.4 is 0 Å². The van der Waals surface area contributed by atoms with Crippen molar-refractivity contribution in [1.82, 2.24) is 15.0 Å². The number of hydrogen-bond acceptors (Lipinski definition) is 6. The Hall–Kier alpha value is -2.25. The van der Waals surface area contributed by atoms with Gasteiger partial charge in [0.05, 0.1) is 24.8 Å². The third-order valence-corrected chi connectivity index (χ3v) is 3.50. The number of carboxylic acid groups (broad SMARTS) is 1. The molecule has 21 heavy (non-hydrogen) atoms. The molecule has 2 heterocycles. The van der Waals surface area contributed by atoms with E-state index >= 15 is 0 Å². The van der Waals surface area contributed by atoms with Crippen molar-refractivity contribution in [3.63, 3.8) is 0 Å². The quantitative estimate of drug-likeness (QED) is 0.908. The molecule has 0 bridgehead atoms. The highest BCUT2D eigenvalue weighted by Gasteiger charge is 2.27. The van der Waals surface area contributed by atoms with Crippen molar-refractivity contribution in [1.29, 1.82) is 0 Å². The fraction of sp³-hybridized carbons (Fsp3) is 0.357. The Balaban J connectivity index is 1.74. The molecule has 1 aromatic carbocycles. The van der Waals surface area contributed by atoms with Crippen molar-refractivity contribution in [2.45, 2.75) is 12.6 Å². The number of aromatic nitrogens is 2. The van der Waals surface area contributed by atoms with Gasteiger partial charge in [-0.1, -0.05) is 17.3 Å². The molecular formula is C14H15N3O4. The van der Waals surface area contributed by atoms with E-state index < -0.39 is 5.97 Å². The van der Waals surface area contributed by atoms with Crippen LogP contribution in [-0.2, 0) is 11.3 Å². The summed E-state index contributed by atoms with van der Waals surface area (Å²) >= 11 is 0. The summed E-state index contributed by atoms with van der Waals surface area (Å²) in [5, 5.41) is 12.8. The molecule has 110 valence electrons. The van der Waals surface area contributed by atoms with E-state index in [4.69, 9.17) is 14.4 Å². The zero-order chi connectivity index (χ0) is 14.7. The molecule has 0 amide bonds. The van der Waals surface area contributed by atoms with Gasteiger partial charge in [-0.3, -0.25) is 4.90 Å². The second-order valence-electron chi connectivity index (χ2n) is 4.85. The zero-order valence-corrected chi connectivity index (χ0v) is 11.3. The van der Waals surface area contributed by atoms with Crippen molar-refractivity contribution in [3.8, 4) is 0 Å². The van der Waals surface area contributed by atoms with Gasteiger partial charge < -0.3 is 14.4 Å². The zero-order valence-electron chi connectivity index (χ0n) is 11.3. The molecule has 1 aliphatic heterocycles. The third-order valence-electron chi connectivity index (χ3n) is 3.50. The minimum atomic E-state index is -0.919. The Morgan fingerprint density at radius 2 is 2.19 bits per heavy atom. The monoisotopic (exact) mass is 289 g/mol. The number of aromatic carboxylic acids is 1. The molecule has 1 saturated heterocycles. The van der Waals surface area contributed by atoms with E-state index in [-0.39, 0.29) is 11.6 Å². The SMILES string of the molecule is O=C(O)c1ccc(CN2CCOCC2c2ncon2)cc1. The number of morpholine rings is 1. The van der Waals surface area contributed by atoms with Gasteiger partial charge in [-0.15, -0.1) is 0 Å². The van der Waals surface area contributed by atoms with Crippen molar-refractivity contribution in [2.24, 2.45) is 0 Å².